The van der Waals surface area contributed by atoms with Gasteiger partial charge in [0.25, 0.3) is 0 Å². The fourth-order valence-electron chi connectivity index (χ4n) is 1.34. The summed E-state index contributed by atoms with van der Waals surface area (Å²) < 4.78 is 19.3. The van der Waals surface area contributed by atoms with Crippen molar-refractivity contribution in [3.05, 3.63) is 17.4 Å². The summed E-state index contributed by atoms with van der Waals surface area (Å²) in [5.74, 6) is -0.135. The molecule has 0 spiro atoms. The van der Waals surface area contributed by atoms with Gasteiger partial charge in [-0.1, -0.05) is 11.3 Å². The van der Waals surface area contributed by atoms with Crippen molar-refractivity contribution in [2.45, 2.75) is 6.92 Å². The van der Waals surface area contributed by atoms with E-state index in [2.05, 4.69) is 4.98 Å². The summed E-state index contributed by atoms with van der Waals surface area (Å²) in [6, 6.07) is 1.62. The van der Waals surface area contributed by atoms with Crippen molar-refractivity contribution in [3.63, 3.8) is 0 Å². The summed E-state index contributed by atoms with van der Waals surface area (Å²) in [6.07, 6.45) is 0. The lowest BCUT2D eigenvalue weighted by Gasteiger charge is -2.04. The van der Waals surface area contributed by atoms with E-state index in [0.29, 0.717) is 16.2 Å². The normalized spacial score (nSPS) is 10.8. The number of aryl methyl sites for hydroxylation is 1. The molecule has 2 aromatic rings. The Bertz CT molecular complexity index is 495. The molecule has 0 radical (unpaired) electrons. The van der Waals surface area contributed by atoms with Crippen LogP contribution in [-0.4, -0.2) is 12.1 Å². The molecule has 2 rings (SSSR count). The number of nitrogens with zero attached hydrogens (tertiary/aromatic N) is 1. The number of nitrogen functional groups attached to an aromatic ring is 1. The minimum Gasteiger partial charge on any atom is -0.494 e. The van der Waals surface area contributed by atoms with Crippen molar-refractivity contribution in [1.82, 2.24) is 4.98 Å². The van der Waals surface area contributed by atoms with Gasteiger partial charge in [0.05, 0.1) is 17.3 Å². The number of hydrogen-bond donors (Lipinski definition) is 1. The third-order valence-electron chi connectivity index (χ3n) is 2.05. The summed E-state index contributed by atoms with van der Waals surface area (Å²) in [4.78, 5) is 4.05. The minimum absolute atomic E-state index is 0.235. The number of aromatic nitrogens is 1. The highest BCUT2D eigenvalue weighted by Crippen LogP contribution is 2.33. The summed E-state index contributed by atoms with van der Waals surface area (Å²) in [6.45, 7) is 1.67. The molecule has 0 unspecified atom stereocenters. The lowest BCUT2D eigenvalue weighted by Crippen LogP contribution is -1.92. The molecule has 2 N–H and O–H groups in total. The van der Waals surface area contributed by atoms with Crippen LogP contribution in [0.4, 0.5) is 9.52 Å². The Morgan fingerprint density at radius 3 is 2.93 bits per heavy atom. The SMILES string of the molecule is COc1cc2sc(N)nc2c(C)c1F. The minimum atomic E-state index is -0.370. The zero-order chi connectivity index (χ0) is 10.3. The summed E-state index contributed by atoms with van der Waals surface area (Å²) in [7, 11) is 1.44. The maximum absolute atomic E-state index is 13.5. The molecular weight excluding hydrogens is 203 g/mol. The first-order chi connectivity index (χ1) is 6.63. The van der Waals surface area contributed by atoms with Crippen LogP contribution in [0.2, 0.25) is 0 Å². The Morgan fingerprint density at radius 1 is 1.57 bits per heavy atom. The van der Waals surface area contributed by atoms with Gasteiger partial charge in [-0.3, -0.25) is 0 Å². The lowest BCUT2D eigenvalue weighted by molar-refractivity contribution is 0.386. The predicted octanol–water partition coefficient (Wildman–Crippen LogP) is 2.33. The van der Waals surface area contributed by atoms with E-state index in [0.717, 1.165) is 4.70 Å². The van der Waals surface area contributed by atoms with Gasteiger partial charge in [0, 0.05) is 11.6 Å². The lowest BCUT2D eigenvalue weighted by atomic mass is 10.2. The van der Waals surface area contributed by atoms with E-state index in [1.807, 2.05) is 0 Å². The van der Waals surface area contributed by atoms with Crippen LogP contribution in [-0.2, 0) is 0 Å². The first-order valence-corrected chi connectivity index (χ1v) is 4.84. The second-order valence-electron chi connectivity index (χ2n) is 2.92. The van der Waals surface area contributed by atoms with E-state index < -0.39 is 0 Å². The van der Waals surface area contributed by atoms with Crippen LogP contribution >= 0.6 is 11.3 Å². The molecule has 1 aromatic carbocycles. The standard InChI is InChI=1S/C9H9FN2OS/c1-4-7(10)5(13-2)3-6-8(4)12-9(11)14-6/h3H,1-2H3,(H2,11,12). The largest absolute Gasteiger partial charge is 0.494 e. The van der Waals surface area contributed by atoms with Crippen LogP contribution in [0.3, 0.4) is 0 Å². The monoisotopic (exact) mass is 212 g/mol. The van der Waals surface area contributed by atoms with Gasteiger partial charge in [-0.2, -0.15) is 0 Å². The van der Waals surface area contributed by atoms with Crippen molar-refractivity contribution in [2.75, 3.05) is 12.8 Å². The Balaban J connectivity index is 2.84. The van der Waals surface area contributed by atoms with Crippen LogP contribution in [0.15, 0.2) is 6.07 Å². The quantitative estimate of drug-likeness (QED) is 0.789. The summed E-state index contributed by atoms with van der Waals surface area (Å²) >= 11 is 1.32. The van der Waals surface area contributed by atoms with Gasteiger partial charge in [-0.15, -0.1) is 0 Å². The summed E-state index contributed by atoms with van der Waals surface area (Å²) in [5.41, 5.74) is 6.64. The zero-order valence-corrected chi connectivity index (χ0v) is 8.61. The van der Waals surface area contributed by atoms with Crippen molar-refractivity contribution < 1.29 is 9.13 Å². The molecule has 0 amide bonds. The maximum atomic E-state index is 13.5. The molecule has 74 valence electrons. The van der Waals surface area contributed by atoms with Crippen LogP contribution in [0.5, 0.6) is 5.75 Å². The van der Waals surface area contributed by atoms with Gasteiger partial charge in [-0.25, -0.2) is 9.37 Å². The van der Waals surface area contributed by atoms with E-state index >= 15 is 0 Å². The number of methoxy groups -OCH3 is 1. The average molecular weight is 212 g/mol. The second-order valence-corrected chi connectivity index (χ2v) is 3.98. The highest BCUT2D eigenvalue weighted by Gasteiger charge is 2.13. The molecular formula is C9H9FN2OS. The molecule has 0 aliphatic carbocycles. The van der Waals surface area contributed by atoms with Crippen LogP contribution in [0.25, 0.3) is 10.2 Å². The number of benzene rings is 1. The van der Waals surface area contributed by atoms with Gasteiger partial charge in [0.1, 0.15) is 0 Å². The molecule has 3 nitrogen and oxygen atoms in total. The molecule has 0 saturated carbocycles. The van der Waals surface area contributed by atoms with Gasteiger partial charge in [0.2, 0.25) is 0 Å². The Labute approximate surface area is 84.3 Å². The van der Waals surface area contributed by atoms with Gasteiger partial charge in [-0.05, 0) is 6.92 Å². The number of rotatable bonds is 1. The molecule has 1 aromatic heterocycles. The first kappa shape index (κ1) is 9.21. The maximum Gasteiger partial charge on any atom is 0.181 e. The fourth-order valence-corrected chi connectivity index (χ4v) is 2.16. The topological polar surface area (TPSA) is 48.1 Å². The van der Waals surface area contributed by atoms with Crippen molar-refractivity contribution in [2.24, 2.45) is 0 Å². The smallest absolute Gasteiger partial charge is 0.181 e. The van der Waals surface area contributed by atoms with Crippen molar-refractivity contribution >= 4 is 26.7 Å². The van der Waals surface area contributed by atoms with E-state index in [9.17, 15) is 4.39 Å². The molecule has 0 bridgehead atoms. The Hall–Kier alpha value is -1.36. The van der Waals surface area contributed by atoms with E-state index in [1.54, 1.807) is 13.0 Å². The molecule has 0 atom stereocenters. The average Bonchev–Trinajstić information content (AvgIpc) is 2.52. The fraction of sp³-hybridized carbons (Fsp3) is 0.222. The van der Waals surface area contributed by atoms with Crippen LogP contribution in [0.1, 0.15) is 5.56 Å². The number of anilines is 1. The van der Waals surface area contributed by atoms with E-state index in [1.165, 1.54) is 18.4 Å². The van der Waals surface area contributed by atoms with Gasteiger partial charge >= 0.3 is 0 Å². The zero-order valence-electron chi connectivity index (χ0n) is 7.80. The predicted molar refractivity (Wildman–Crippen MR) is 55.3 cm³/mol. The van der Waals surface area contributed by atoms with Crippen molar-refractivity contribution in [3.8, 4) is 5.75 Å². The van der Waals surface area contributed by atoms with E-state index in [4.69, 9.17) is 10.5 Å². The third-order valence-corrected chi connectivity index (χ3v) is 2.88. The highest BCUT2D eigenvalue weighted by atomic mass is 32.1. The Morgan fingerprint density at radius 2 is 2.29 bits per heavy atom. The second kappa shape index (κ2) is 3.09. The molecule has 5 heteroatoms. The number of fused-ring (bicyclic) bond motifs is 1. The number of ether oxygens (including phenoxy) is 1. The van der Waals surface area contributed by atoms with Crippen LogP contribution in [0, 0.1) is 12.7 Å². The molecule has 0 saturated heterocycles. The number of thiazole rings is 1. The molecule has 0 aliphatic heterocycles. The van der Waals surface area contributed by atoms with Gasteiger partial charge in [0.15, 0.2) is 16.7 Å². The number of halogens is 1. The number of nitrogens with two attached hydrogens (primary N) is 1. The molecule has 1 heterocycles. The van der Waals surface area contributed by atoms with Crippen LogP contribution < -0.4 is 10.5 Å². The highest BCUT2D eigenvalue weighted by molar-refractivity contribution is 7.22. The third kappa shape index (κ3) is 1.21. The van der Waals surface area contributed by atoms with E-state index in [-0.39, 0.29) is 11.6 Å². The van der Waals surface area contributed by atoms with Crippen molar-refractivity contribution in [1.29, 1.82) is 0 Å². The first-order valence-electron chi connectivity index (χ1n) is 4.02. The molecule has 14 heavy (non-hydrogen) atoms. The molecule has 0 aliphatic rings. The van der Waals surface area contributed by atoms with Gasteiger partial charge < -0.3 is 10.5 Å². The summed E-state index contributed by atoms with van der Waals surface area (Å²) in [5, 5.41) is 0.441. The Kier molecular flexibility index (Phi) is 2.03. The molecule has 0 fully saturated rings. The number of hydrogen-bond acceptors (Lipinski definition) is 4.